The first kappa shape index (κ1) is 26.7. The molecule has 7 rings (SSSR count). The molecule has 1 atom stereocenters. The molecule has 5 aromatic carbocycles. The smallest absolute Gasteiger partial charge is 0.157 e. The van der Waals surface area contributed by atoms with Crippen molar-refractivity contribution in [2.24, 2.45) is 20.0 Å². The van der Waals surface area contributed by atoms with Crippen LogP contribution in [-0.4, -0.2) is 31.1 Å². The van der Waals surface area contributed by atoms with E-state index in [1.165, 1.54) is 50.1 Å². The Morgan fingerprint density at radius 2 is 1.30 bits per heavy atom. The standard InChI is InChI=1S/C39H32N4/c1-4-41-24-28-16-12-22-34-36(28)30-18-8-10-20-32(30)39(34)33-21-11-9-19-31(33)37-29(17-13-23-35(37)39)25-42-38(43-26(2)40-3)27-14-6-5-7-15-27/h5-24H,3-4,25H2,1-2H3. The number of amidine groups is 2. The van der Waals surface area contributed by atoms with Crippen molar-refractivity contribution in [1.82, 2.24) is 0 Å². The van der Waals surface area contributed by atoms with E-state index in [0.717, 1.165) is 17.7 Å². The highest BCUT2D eigenvalue weighted by molar-refractivity contribution is 6.07. The Morgan fingerprint density at radius 3 is 2.00 bits per heavy atom. The molecule has 0 saturated carbocycles. The number of aliphatic imine (C=N–C) groups is 4. The monoisotopic (exact) mass is 556 g/mol. The zero-order chi connectivity index (χ0) is 29.4. The second-order valence-corrected chi connectivity index (χ2v) is 10.9. The summed E-state index contributed by atoms with van der Waals surface area (Å²) in [6.45, 7) is 8.82. The number of hydrogen-bond donors (Lipinski definition) is 0. The van der Waals surface area contributed by atoms with E-state index < -0.39 is 5.41 Å². The van der Waals surface area contributed by atoms with E-state index >= 15 is 0 Å². The van der Waals surface area contributed by atoms with Crippen LogP contribution in [0.1, 0.15) is 52.8 Å². The van der Waals surface area contributed by atoms with Gasteiger partial charge in [0.25, 0.3) is 0 Å². The van der Waals surface area contributed by atoms with Gasteiger partial charge in [-0.3, -0.25) is 9.98 Å². The molecule has 0 heterocycles. The average molecular weight is 557 g/mol. The maximum absolute atomic E-state index is 5.08. The minimum absolute atomic E-state index is 0.419. The highest BCUT2D eigenvalue weighted by Gasteiger charge is 2.52. The normalized spacial score (nSPS) is 16.7. The van der Waals surface area contributed by atoms with Crippen LogP contribution >= 0.6 is 0 Å². The molecule has 43 heavy (non-hydrogen) atoms. The van der Waals surface area contributed by atoms with Crippen molar-refractivity contribution in [3.05, 3.63) is 154 Å². The van der Waals surface area contributed by atoms with Gasteiger partial charge in [-0.15, -0.1) is 0 Å². The van der Waals surface area contributed by atoms with Gasteiger partial charge in [-0.1, -0.05) is 115 Å². The fraction of sp³-hybridized carbons (Fsp3) is 0.128. The molecule has 0 saturated heterocycles. The van der Waals surface area contributed by atoms with E-state index in [1.54, 1.807) is 0 Å². The maximum Gasteiger partial charge on any atom is 0.157 e. The highest BCUT2D eigenvalue weighted by atomic mass is 15.0. The van der Waals surface area contributed by atoms with Crippen LogP contribution in [0.25, 0.3) is 22.3 Å². The first-order valence-electron chi connectivity index (χ1n) is 14.8. The predicted octanol–water partition coefficient (Wildman–Crippen LogP) is 8.53. The number of nitrogens with zero attached hydrogens (tertiary/aromatic N) is 4. The van der Waals surface area contributed by atoms with E-state index in [9.17, 15) is 0 Å². The predicted molar refractivity (Wildman–Crippen MR) is 180 cm³/mol. The fourth-order valence-corrected chi connectivity index (χ4v) is 6.90. The summed E-state index contributed by atoms with van der Waals surface area (Å²) in [5.74, 6) is 1.24. The summed E-state index contributed by atoms with van der Waals surface area (Å²) >= 11 is 0. The largest absolute Gasteiger partial charge is 0.293 e. The number of rotatable bonds is 5. The van der Waals surface area contributed by atoms with E-state index in [2.05, 4.69) is 109 Å². The van der Waals surface area contributed by atoms with Gasteiger partial charge in [0.2, 0.25) is 0 Å². The number of benzene rings is 5. The number of fused-ring (bicyclic) bond motifs is 10. The van der Waals surface area contributed by atoms with Crippen molar-refractivity contribution in [3.63, 3.8) is 0 Å². The fourth-order valence-electron chi connectivity index (χ4n) is 6.90. The van der Waals surface area contributed by atoms with Gasteiger partial charge in [-0.25, -0.2) is 9.98 Å². The molecule has 208 valence electrons. The summed E-state index contributed by atoms with van der Waals surface area (Å²) in [6, 6.07) is 41.2. The van der Waals surface area contributed by atoms with E-state index in [1.807, 2.05) is 43.5 Å². The van der Waals surface area contributed by atoms with Gasteiger partial charge < -0.3 is 0 Å². The van der Waals surface area contributed by atoms with Crippen molar-refractivity contribution in [2.75, 3.05) is 6.54 Å². The molecule has 2 aliphatic rings. The van der Waals surface area contributed by atoms with Crippen LogP contribution in [0.2, 0.25) is 0 Å². The molecule has 0 bridgehead atoms. The Morgan fingerprint density at radius 1 is 0.698 bits per heavy atom. The lowest BCUT2D eigenvalue weighted by molar-refractivity contribution is 0.792. The first-order chi connectivity index (χ1) is 21.2. The third kappa shape index (κ3) is 4.13. The van der Waals surface area contributed by atoms with Crippen LogP contribution in [0.15, 0.2) is 135 Å². The topological polar surface area (TPSA) is 49.4 Å². The lowest BCUT2D eigenvalue weighted by atomic mass is 9.70. The Bertz CT molecular complexity index is 1970. The lowest BCUT2D eigenvalue weighted by Crippen LogP contribution is -2.26. The molecule has 4 nitrogen and oxygen atoms in total. The zero-order valence-electron chi connectivity index (χ0n) is 24.5. The minimum Gasteiger partial charge on any atom is -0.293 e. The van der Waals surface area contributed by atoms with Crippen LogP contribution in [0.5, 0.6) is 0 Å². The van der Waals surface area contributed by atoms with Crippen molar-refractivity contribution in [1.29, 1.82) is 0 Å². The van der Waals surface area contributed by atoms with E-state index in [4.69, 9.17) is 9.98 Å². The third-order valence-electron chi connectivity index (χ3n) is 8.60. The van der Waals surface area contributed by atoms with Gasteiger partial charge in [0.15, 0.2) is 5.84 Å². The van der Waals surface area contributed by atoms with Crippen LogP contribution < -0.4 is 0 Å². The maximum atomic E-state index is 5.08. The molecule has 0 aliphatic heterocycles. The lowest BCUT2D eigenvalue weighted by Gasteiger charge is -2.30. The summed E-state index contributed by atoms with van der Waals surface area (Å²) < 4.78 is 0. The van der Waals surface area contributed by atoms with Gasteiger partial charge >= 0.3 is 0 Å². The summed E-state index contributed by atoms with van der Waals surface area (Å²) in [6.07, 6.45) is 2.03. The summed E-state index contributed by atoms with van der Waals surface area (Å²) in [4.78, 5) is 18.5. The van der Waals surface area contributed by atoms with Gasteiger partial charge in [-0.2, -0.15) is 0 Å². The molecule has 0 fully saturated rings. The van der Waals surface area contributed by atoms with Gasteiger partial charge in [0, 0.05) is 23.9 Å². The molecule has 1 unspecified atom stereocenters. The van der Waals surface area contributed by atoms with Crippen LogP contribution in [0.4, 0.5) is 0 Å². The Balaban J connectivity index is 1.48. The first-order valence-corrected chi connectivity index (χ1v) is 14.8. The second-order valence-electron chi connectivity index (χ2n) is 10.9. The van der Waals surface area contributed by atoms with E-state index in [-0.39, 0.29) is 0 Å². The average Bonchev–Trinajstić information content (AvgIpc) is 3.54. The van der Waals surface area contributed by atoms with Crippen molar-refractivity contribution in [2.45, 2.75) is 25.8 Å². The quantitative estimate of drug-likeness (QED) is 0.151. The molecule has 0 N–H and O–H groups in total. The SMILES string of the molecule is C=NC(C)=NC(=NCc1cccc2c1-c1ccccc1C21c2ccccc2-c2c(C=NCC)cccc21)c1ccccc1. The zero-order valence-corrected chi connectivity index (χ0v) is 24.5. The molecule has 0 aromatic heterocycles. The number of hydrogen-bond acceptors (Lipinski definition) is 2. The van der Waals surface area contributed by atoms with Crippen LogP contribution in [-0.2, 0) is 12.0 Å². The second kappa shape index (κ2) is 10.9. The highest BCUT2D eigenvalue weighted by Crippen LogP contribution is 2.63. The molecular formula is C39H32N4. The van der Waals surface area contributed by atoms with Crippen molar-refractivity contribution in [3.8, 4) is 22.3 Å². The van der Waals surface area contributed by atoms with Gasteiger partial charge in [0.1, 0.15) is 5.84 Å². The molecule has 4 heteroatoms. The third-order valence-corrected chi connectivity index (χ3v) is 8.60. The van der Waals surface area contributed by atoms with Gasteiger partial charge in [-0.05, 0) is 70.6 Å². The summed E-state index contributed by atoms with van der Waals surface area (Å²) in [5.41, 5.74) is 13.2. The van der Waals surface area contributed by atoms with Gasteiger partial charge in [0.05, 0.1) is 12.0 Å². The van der Waals surface area contributed by atoms with Crippen LogP contribution in [0.3, 0.4) is 0 Å². The Hall–Kier alpha value is -5.22. The minimum atomic E-state index is -0.419. The molecule has 2 aliphatic carbocycles. The summed E-state index contributed by atoms with van der Waals surface area (Å²) in [7, 11) is 0. The van der Waals surface area contributed by atoms with Crippen LogP contribution in [0, 0.1) is 0 Å². The van der Waals surface area contributed by atoms with E-state index in [0.29, 0.717) is 18.2 Å². The van der Waals surface area contributed by atoms with Crippen molar-refractivity contribution < 1.29 is 0 Å². The molecule has 0 radical (unpaired) electrons. The Labute approximate surface area is 253 Å². The molecule has 5 aromatic rings. The molecule has 0 amide bonds. The van der Waals surface area contributed by atoms with Crippen molar-refractivity contribution >= 4 is 24.6 Å². The summed E-state index contributed by atoms with van der Waals surface area (Å²) in [5, 5.41) is 0. The molecule has 1 spiro atoms. The Kier molecular flexibility index (Phi) is 6.75. The molecular weight excluding hydrogens is 524 g/mol.